The maximum absolute atomic E-state index is 12.6. The van der Waals surface area contributed by atoms with Crippen LogP contribution in [0.5, 0.6) is 11.5 Å². The number of hydrogen-bond donors (Lipinski definition) is 1. The first-order chi connectivity index (χ1) is 10.3. The van der Waals surface area contributed by atoms with Crippen LogP contribution in [0.25, 0.3) is 6.08 Å². The SMILES string of the molecule is COc1ccc2c(c1)C=C(C(=O)N1CCCNCC1)CO2. The summed E-state index contributed by atoms with van der Waals surface area (Å²) in [5.41, 5.74) is 1.61. The normalized spacial score (nSPS) is 18.1. The second kappa shape index (κ2) is 6.18. The highest BCUT2D eigenvalue weighted by molar-refractivity contribution is 5.99. The third-order valence-electron chi connectivity index (χ3n) is 3.83. The number of carbonyl (C=O) groups excluding carboxylic acids is 1. The highest BCUT2D eigenvalue weighted by atomic mass is 16.5. The molecule has 0 radical (unpaired) electrons. The average molecular weight is 288 g/mol. The number of fused-ring (bicyclic) bond motifs is 1. The number of carbonyl (C=O) groups is 1. The van der Waals surface area contributed by atoms with E-state index in [2.05, 4.69) is 5.32 Å². The summed E-state index contributed by atoms with van der Waals surface area (Å²) in [6, 6.07) is 5.63. The van der Waals surface area contributed by atoms with Gasteiger partial charge in [-0.1, -0.05) is 0 Å². The third kappa shape index (κ3) is 3.03. The molecule has 0 bridgehead atoms. The molecule has 2 heterocycles. The highest BCUT2D eigenvalue weighted by Gasteiger charge is 2.23. The molecule has 112 valence electrons. The molecule has 3 rings (SSSR count). The van der Waals surface area contributed by atoms with Gasteiger partial charge >= 0.3 is 0 Å². The van der Waals surface area contributed by atoms with Gasteiger partial charge in [-0.05, 0) is 37.2 Å². The van der Waals surface area contributed by atoms with Gasteiger partial charge in [-0.15, -0.1) is 0 Å². The van der Waals surface area contributed by atoms with E-state index < -0.39 is 0 Å². The van der Waals surface area contributed by atoms with Crippen molar-refractivity contribution in [1.29, 1.82) is 0 Å². The van der Waals surface area contributed by atoms with Crippen LogP contribution >= 0.6 is 0 Å². The molecule has 2 aliphatic heterocycles. The first-order valence-corrected chi connectivity index (χ1v) is 7.29. The zero-order valence-corrected chi connectivity index (χ0v) is 12.2. The molecule has 0 atom stereocenters. The van der Waals surface area contributed by atoms with Crippen LogP contribution < -0.4 is 14.8 Å². The number of methoxy groups -OCH3 is 1. The molecule has 0 aromatic heterocycles. The van der Waals surface area contributed by atoms with Crippen molar-refractivity contribution in [3.05, 3.63) is 29.3 Å². The van der Waals surface area contributed by atoms with Gasteiger partial charge in [0.05, 0.1) is 12.7 Å². The molecular weight excluding hydrogens is 268 g/mol. The fourth-order valence-corrected chi connectivity index (χ4v) is 2.66. The van der Waals surface area contributed by atoms with E-state index in [1.165, 1.54) is 0 Å². The Kier molecular flexibility index (Phi) is 4.10. The molecule has 1 N–H and O–H groups in total. The van der Waals surface area contributed by atoms with Gasteiger partial charge in [-0.25, -0.2) is 0 Å². The predicted molar refractivity (Wildman–Crippen MR) is 80.5 cm³/mol. The van der Waals surface area contributed by atoms with E-state index in [-0.39, 0.29) is 5.91 Å². The van der Waals surface area contributed by atoms with Gasteiger partial charge in [0.2, 0.25) is 0 Å². The van der Waals surface area contributed by atoms with Gasteiger partial charge in [0.25, 0.3) is 5.91 Å². The Hall–Kier alpha value is -2.01. The summed E-state index contributed by atoms with van der Waals surface area (Å²) in [4.78, 5) is 14.5. The molecule has 0 saturated carbocycles. The van der Waals surface area contributed by atoms with E-state index in [0.717, 1.165) is 49.7 Å². The van der Waals surface area contributed by atoms with Crippen molar-refractivity contribution in [2.24, 2.45) is 0 Å². The standard InChI is InChI=1S/C16H20N2O3/c1-20-14-3-4-15-12(10-14)9-13(11-21-15)16(19)18-7-2-5-17-6-8-18/h3-4,9-10,17H,2,5-8,11H2,1H3. The van der Waals surface area contributed by atoms with Crippen molar-refractivity contribution in [2.75, 3.05) is 39.9 Å². The molecule has 1 aromatic rings. The molecule has 2 aliphatic rings. The molecule has 0 spiro atoms. The molecular formula is C16H20N2O3. The molecule has 1 fully saturated rings. The Morgan fingerprint density at radius 1 is 1.33 bits per heavy atom. The van der Waals surface area contributed by atoms with Gasteiger partial charge in [0, 0.05) is 25.2 Å². The van der Waals surface area contributed by atoms with Gasteiger partial charge in [-0.2, -0.15) is 0 Å². The topological polar surface area (TPSA) is 50.8 Å². The van der Waals surface area contributed by atoms with Crippen LogP contribution in [0.15, 0.2) is 23.8 Å². The van der Waals surface area contributed by atoms with Gasteiger partial charge < -0.3 is 19.7 Å². The van der Waals surface area contributed by atoms with Crippen LogP contribution in [0, 0.1) is 0 Å². The van der Waals surface area contributed by atoms with Crippen LogP contribution in [-0.4, -0.2) is 50.7 Å². The van der Waals surface area contributed by atoms with E-state index in [4.69, 9.17) is 9.47 Å². The minimum Gasteiger partial charge on any atom is -0.497 e. The molecule has 1 aromatic carbocycles. The summed E-state index contributed by atoms with van der Waals surface area (Å²) < 4.78 is 10.9. The van der Waals surface area contributed by atoms with E-state index in [0.29, 0.717) is 12.2 Å². The van der Waals surface area contributed by atoms with E-state index >= 15 is 0 Å². The monoisotopic (exact) mass is 288 g/mol. The Morgan fingerprint density at radius 3 is 3.10 bits per heavy atom. The lowest BCUT2D eigenvalue weighted by Gasteiger charge is -2.24. The van der Waals surface area contributed by atoms with Crippen LogP contribution in [0.2, 0.25) is 0 Å². The Balaban J connectivity index is 1.81. The van der Waals surface area contributed by atoms with Gasteiger partial charge in [-0.3, -0.25) is 4.79 Å². The highest BCUT2D eigenvalue weighted by Crippen LogP contribution is 2.30. The van der Waals surface area contributed by atoms with Crippen LogP contribution in [0.1, 0.15) is 12.0 Å². The summed E-state index contributed by atoms with van der Waals surface area (Å²) in [7, 11) is 1.63. The molecule has 0 aliphatic carbocycles. The predicted octanol–water partition coefficient (Wildman–Crippen LogP) is 1.29. The van der Waals surface area contributed by atoms with Crippen molar-refractivity contribution in [2.45, 2.75) is 6.42 Å². The fraction of sp³-hybridized carbons (Fsp3) is 0.438. The Morgan fingerprint density at radius 2 is 2.24 bits per heavy atom. The average Bonchev–Trinajstić information content (AvgIpc) is 2.82. The molecule has 5 nitrogen and oxygen atoms in total. The smallest absolute Gasteiger partial charge is 0.253 e. The van der Waals surface area contributed by atoms with E-state index in [9.17, 15) is 4.79 Å². The number of ether oxygens (including phenoxy) is 2. The zero-order valence-electron chi connectivity index (χ0n) is 12.2. The van der Waals surface area contributed by atoms with Crippen LogP contribution in [0.3, 0.4) is 0 Å². The Bertz CT molecular complexity index is 561. The summed E-state index contributed by atoms with van der Waals surface area (Å²) in [5.74, 6) is 1.64. The largest absolute Gasteiger partial charge is 0.497 e. The molecule has 0 unspecified atom stereocenters. The first kappa shape index (κ1) is 13.9. The summed E-state index contributed by atoms with van der Waals surface area (Å²) in [5, 5.41) is 3.30. The third-order valence-corrected chi connectivity index (χ3v) is 3.83. The zero-order chi connectivity index (χ0) is 14.7. The summed E-state index contributed by atoms with van der Waals surface area (Å²) in [6.07, 6.45) is 2.91. The second-order valence-corrected chi connectivity index (χ2v) is 5.26. The number of nitrogens with one attached hydrogen (secondary N) is 1. The number of nitrogens with zero attached hydrogens (tertiary/aromatic N) is 1. The van der Waals surface area contributed by atoms with E-state index in [1.54, 1.807) is 7.11 Å². The van der Waals surface area contributed by atoms with Crippen molar-refractivity contribution in [3.8, 4) is 11.5 Å². The number of benzene rings is 1. The lowest BCUT2D eigenvalue weighted by atomic mass is 10.1. The van der Waals surface area contributed by atoms with Crippen LogP contribution in [-0.2, 0) is 4.79 Å². The molecule has 5 heteroatoms. The quantitative estimate of drug-likeness (QED) is 0.891. The summed E-state index contributed by atoms with van der Waals surface area (Å²) in [6.45, 7) is 3.71. The summed E-state index contributed by atoms with van der Waals surface area (Å²) >= 11 is 0. The van der Waals surface area contributed by atoms with Gasteiger partial charge in [0.15, 0.2) is 0 Å². The molecule has 21 heavy (non-hydrogen) atoms. The van der Waals surface area contributed by atoms with E-state index in [1.807, 2.05) is 29.2 Å². The molecule has 1 saturated heterocycles. The lowest BCUT2D eigenvalue weighted by molar-refractivity contribution is -0.127. The van der Waals surface area contributed by atoms with Crippen LogP contribution in [0.4, 0.5) is 0 Å². The number of amides is 1. The maximum atomic E-state index is 12.6. The number of hydrogen-bond acceptors (Lipinski definition) is 4. The minimum absolute atomic E-state index is 0.0761. The van der Waals surface area contributed by atoms with Crippen molar-refractivity contribution in [3.63, 3.8) is 0 Å². The lowest BCUT2D eigenvalue weighted by Crippen LogP contribution is -2.36. The Labute approximate surface area is 124 Å². The second-order valence-electron chi connectivity index (χ2n) is 5.26. The van der Waals surface area contributed by atoms with Crippen molar-refractivity contribution in [1.82, 2.24) is 10.2 Å². The first-order valence-electron chi connectivity index (χ1n) is 7.29. The van der Waals surface area contributed by atoms with Gasteiger partial charge in [0.1, 0.15) is 18.1 Å². The van der Waals surface area contributed by atoms with Crippen molar-refractivity contribution >= 4 is 12.0 Å². The fourth-order valence-electron chi connectivity index (χ4n) is 2.66. The number of rotatable bonds is 2. The minimum atomic E-state index is 0.0761. The molecule has 1 amide bonds. The maximum Gasteiger partial charge on any atom is 0.253 e. The van der Waals surface area contributed by atoms with Crippen molar-refractivity contribution < 1.29 is 14.3 Å².